The first kappa shape index (κ1) is 17.0. The van der Waals surface area contributed by atoms with Gasteiger partial charge in [-0.15, -0.1) is 11.8 Å². The van der Waals surface area contributed by atoms with Gasteiger partial charge in [-0.3, -0.25) is 14.4 Å². The molecular weight excluding hydrogens is 338 g/mol. The van der Waals surface area contributed by atoms with Crippen LogP contribution in [0.3, 0.4) is 0 Å². The SMILES string of the molecule is CNC(=O)c1ccc(NC(=O)C[C@@H]2Sc3ccccc3NC2=O)cc1. The van der Waals surface area contributed by atoms with Crippen molar-refractivity contribution in [2.75, 3.05) is 17.7 Å². The van der Waals surface area contributed by atoms with Gasteiger partial charge in [0.25, 0.3) is 5.91 Å². The molecule has 0 aliphatic carbocycles. The summed E-state index contributed by atoms with van der Waals surface area (Å²) in [5.74, 6) is -0.611. The highest BCUT2D eigenvalue weighted by Crippen LogP contribution is 2.36. The van der Waals surface area contributed by atoms with E-state index in [1.807, 2.05) is 24.3 Å². The number of hydrogen-bond acceptors (Lipinski definition) is 4. The van der Waals surface area contributed by atoms with E-state index in [4.69, 9.17) is 0 Å². The molecule has 0 saturated carbocycles. The summed E-state index contributed by atoms with van der Waals surface area (Å²) in [4.78, 5) is 36.8. The molecule has 0 fully saturated rings. The lowest BCUT2D eigenvalue weighted by Gasteiger charge is -2.23. The van der Waals surface area contributed by atoms with Crippen LogP contribution >= 0.6 is 11.8 Å². The molecule has 1 heterocycles. The van der Waals surface area contributed by atoms with Gasteiger partial charge >= 0.3 is 0 Å². The predicted octanol–water partition coefficient (Wildman–Crippen LogP) is 2.49. The van der Waals surface area contributed by atoms with Gasteiger partial charge in [0.2, 0.25) is 11.8 Å². The summed E-state index contributed by atoms with van der Waals surface area (Å²) in [5.41, 5.74) is 1.87. The number of para-hydroxylation sites is 1. The van der Waals surface area contributed by atoms with Crippen LogP contribution in [0, 0.1) is 0 Å². The number of anilines is 2. The molecule has 1 aliphatic rings. The zero-order valence-electron chi connectivity index (χ0n) is 13.5. The molecule has 3 rings (SSSR count). The molecule has 6 nitrogen and oxygen atoms in total. The maximum Gasteiger partial charge on any atom is 0.251 e. The topological polar surface area (TPSA) is 87.3 Å². The Kier molecular flexibility index (Phi) is 5.04. The van der Waals surface area contributed by atoms with Crippen molar-refractivity contribution in [1.82, 2.24) is 5.32 Å². The van der Waals surface area contributed by atoms with E-state index in [-0.39, 0.29) is 24.1 Å². The summed E-state index contributed by atoms with van der Waals surface area (Å²) in [6.07, 6.45) is 0.0715. The second kappa shape index (κ2) is 7.40. The minimum absolute atomic E-state index is 0.0715. The van der Waals surface area contributed by atoms with Crippen molar-refractivity contribution in [3.8, 4) is 0 Å². The standard InChI is InChI=1S/C18H17N3O3S/c1-19-17(23)11-6-8-12(9-7-11)20-16(22)10-15-18(24)21-13-4-2-3-5-14(13)25-15/h2-9,15H,10H2,1H3,(H,19,23)(H,20,22)(H,21,24)/t15-/m0/s1. The minimum atomic E-state index is -0.472. The summed E-state index contributed by atoms with van der Waals surface area (Å²) in [5, 5.41) is 7.64. The molecule has 0 bridgehead atoms. The van der Waals surface area contributed by atoms with E-state index in [1.54, 1.807) is 31.3 Å². The molecule has 7 heteroatoms. The lowest BCUT2D eigenvalue weighted by atomic mass is 10.2. The molecule has 0 unspecified atom stereocenters. The Morgan fingerprint density at radius 3 is 2.56 bits per heavy atom. The Balaban J connectivity index is 1.61. The number of rotatable bonds is 4. The van der Waals surface area contributed by atoms with Gasteiger partial charge < -0.3 is 16.0 Å². The summed E-state index contributed by atoms with van der Waals surface area (Å²) in [7, 11) is 1.56. The number of nitrogens with one attached hydrogen (secondary N) is 3. The fraction of sp³-hybridized carbons (Fsp3) is 0.167. The van der Waals surface area contributed by atoms with E-state index in [2.05, 4.69) is 16.0 Å². The van der Waals surface area contributed by atoms with E-state index < -0.39 is 5.25 Å². The Morgan fingerprint density at radius 2 is 1.84 bits per heavy atom. The number of fused-ring (bicyclic) bond motifs is 1. The van der Waals surface area contributed by atoms with Crippen molar-refractivity contribution in [2.45, 2.75) is 16.6 Å². The van der Waals surface area contributed by atoms with Crippen LogP contribution in [-0.2, 0) is 9.59 Å². The van der Waals surface area contributed by atoms with Crippen molar-refractivity contribution in [3.05, 3.63) is 54.1 Å². The van der Waals surface area contributed by atoms with Gasteiger partial charge in [-0.1, -0.05) is 12.1 Å². The van der Waals surface area contributed by atoms with Crippen molar-refractivity contribution in [3.63, 3.8) is 0 Å². The molecule has 25 heavy (non-hydrogen) atoms. The second-order valence-electron chi connectivity index (χ2n) is 5.50. The average Bonchev–Trinajstić information content (AvgIpc) is 2.62. The maximum absolute atomic E-state index is 12.2. The first-order valence-electron chi connectivity index (χ1n) is 7.75. The van der Waals surface area contributed by atoms with E-state index >= 15 is 0 Å². The molecule has 2 aromatic carbocycles. The van der Waals surface area contributed by atoms with Gasteiger partial charge in [0.1, 0.15) is 0 Å². The highest BCUT2D eigenvalue weighted by Gasteiger charge is 2.28. The molecule has 0 radical (unpaired) electrons. The van der Waals surface area contributed by atoms with Gasteiger partial charge in [-0.05, 0) is 36.4 Å². The van der Waals surface area contributed by atoms with Crippen LogP contribution in [0.25, 0.3) is 0 Å². The minimum Gasteiger partial charge on any atom is -0.355 e. The number of carbonyl (C=O) groups excluding carboxylic acids is 3. The maximum atomic E-state index is 12.2. The second-order valence-corrected chi connectivity index (χ2v) is 6.75. The Morgan fingerprint density at radius 1 is 1.12 bits per heavy atom. The third-order valence-electron chi connectivity index (χ3n) is 3.74. The normalized spacial score (nSPS) is 15.7. The van der Waals surface area contributed by atoms with Crippen LogP contribution in [0.15, 0.2) is 53.4 Å². The molecular formula is C18H17N3O3S. The fourth-order valence-electron chi connectivity index (χ4n) is 2.46. The first-order valence-corrected chi connectivity index (χ1v) is 8.63. The van der Waals surface area contributed by atoms with Crippen molar-refractivity contribution < 1.29 is 14.4 Å². The Bertz CT molecular complexity index is 821. The monoisotopic (exact) mass is 355 g/mol. The molecule has 0 aromatic heterocycles. The number of hydrogen-bond donors (Lipinski definition) is 3. The van der Waals surface area contributed by atoms with E-state index in [1.165, 1.54) is 11.8 Å². The molecule has 0 saturated heterocycles. The smallest absolute Gasteiger partial charge is 0.251 e. The zero-order chi connectivity index (χ0) is 17.8. The Labute approximate surface area is 149 Å². The molecule has 0 spiro atoms. The van der Waals surface area contributed by atoms with Gasteiger partial charge in [0.05, 0.1) is 10.9 Å². The lowest BCUT2D eigenvalue weighted by Crippen LogP contribution is -2.32. The fourth-order valence-corrected chi connectivity index (χ4v) is 3.57. The van der Waals surface area contributed by atoms with E-state index in [0.717, 1.165) is 10.6 Å². The molecule has 3 N–H and O–H groups in total. The van der Waals surface area contributed by atoms with Gasteiger partial charge in [0, 0.05) is 29.6 Å². The van der Waals surface area contributed by atoms with Crippen LogP contribution in [0.5, 0.6) is 0 Å². The van der Waals surface area contributed by atoms with Gasteiger partial charge in [-0.2, -0.15) is 0 Å². The quantitative estimate of drug-likeness (QED) is 0.786. The largest absolute Gasteiger partial charge is 0.355 e. The summed E-state index contributed by atoms with van der Waals surface area (Å²) >= 11 is 1.39. The molecule has 3 amide bonds. The first-order chi connectivity index (χ1) is 12.1. The van der Waals surface area contributed by atoms with Crippen molar-refractivity contribution in [2.24, 2.45) is 0 Å². The highest BCUT2D eigenvalue weighted by molar-refractivity contribution is 8.01. The third-order valence-corrected chi connectivity index (χ3v) is 5.01. The highest BCUT2D eigenvalue weighted by atomic mass is 32.2. The van der Waals surface area contributed by atoms with Gasteiger partial charge in [0.15, 0.2) is 0 Å². The predicted molar refractivity (Wildman–Crippen MR) is 97.8 cm³/mol. The molecule has 2 aromatic rings. The lowest BCUT2D eigenvalue weighted by molar-refractivity contribution is -0.120. The van der Waals surface area contributed by atoms with Gasteiger partial charge in [-0.25, -0.2) is 0 Å². The zero-order valence-corrected chi connectivity index (χ0v) is 14.4. The number of benzene rings is 2. The Hall–Kier alpha value is -2.80. The van der Waals surface area contributed by atoms with Crippen molar-refractivity contribution in [1.29, 1.82) is 0 Å². The van der Waals surface area contributed by atoms with Crippen molar-refractivity contribution >= 4 is 40.9 Å². The summed E-state index contributed by atoms with van der Waals surface area (Å²) < 4.78 is 0. The third kappa shape index (κ3) is 4.00. The van der Waals surface area contributed by atoms with Crippen LogP contribution in [0.2, 0.25) is 0 Å². The van der Waals surface area contributed by atoms with Crippen LogP contribution in [-0.4, -0.2) is 30.0 Å². The van der Waals surface area contributed by atoms with E-state index in [9.17, 15) is 14.4 Å². The number of thioether (sulfide) groups is 1. The summed E-state index contributed by atoms with van der Waals surface area (Å²) in [6.45, 7) is 0. The number of carbonyl (C=O) groups is 3. The van der Waals surface area contributed by atoms with Crippen LogP contribution in [0.1, 0.15) is 16.8 Å². The molecule has 128 valence electrons. The van der Waals surface area contributed by atoms with Crippen LogP contribution in [0.4, 0.5) is 11.4 Å². The molecule has 1 aliphatic heterocycles. The number of amides is 3. The van der Waals surface area contributed by atoms with E-state index in [0.29, 0.717) is 11.3 Å². The van der Waals surface area contributed by atoms with Crippen LogP contribution < -0.4 is 16.0 Å². The summed E-state index contributed by atoms with van der Waals surface area (Å²) in [6, 6.07) is 14.1. The average molecular weight is 355 g/mol. The molecule has 1 atom stereocenters.